The van der Waals surface area contributed by atoms with Crippen LogP contribution in [-0.4, -0.2) is 15.6 Å². The topological polar surface area (TPSA) is 43.8 Å². The molecular weight excluding hydrogens is 198 g/mol. The molecule has 3 heteroatoms. The summed E-state index contributed by atoms with van der Waals surface area (Å²) in [6.45, 7) is 7.66. The molecule has 0 aromatic carbocycles. The second kappa shape index (κ2) is 6.69. The summed E-state index contributed by atoms with van der Waals surface area (Å²) in [5.74, 6) is 1.76. The molecule has 0 amide bonds. The molecule has 2 N–H and O–H groups in total. The third-order valence-electron chi connectivity index (χ3n) is 3.34. The average Bonchev–Trinajstić information content (AvgIpc) is 2.68. The molecule has 1 aromatic heterocycles. The molecule has 0 bridgehead atoms. The Morgan fingerprint density at radius 2 is 2.00 bits per heavy atom. The fraction of sp³-hybridized carbons (Fsp3) is 0.769. The minimum atomic E-state index is 0.244. The van der Waals surface area contributed by atoms with Gasteiger partial charge in [-0.1, -0.05) is 33.6 Å². The van der Waals surface area contributed by atoms with Crippen molar-refractivity contribution in [2.45, 2.75) is 59.0 Å². The van der Waals surface area contributed by atoms with Crippen LogP contribution in [0.25, 0.3) is 0 Å². The van der Waals surface area contributed by atoms with E-state index in [1.54, 1.807) is 0 Å². The van der Waals surface area contributed by atoms with Gasteiger partial charge in [-0.25, -0.2) is 4.98 Å². The molecule has 0 aliphatic heterocycles. The number of aromatic nitrogens is 2. The first-order chi connectivity index (χ1) is 7.72. The first-order valence-electron chi connectivity index (χ1n) is 6.48. The van der Waals surface area contributed by atoms with Gasteiger partial charge in [0.25, 0.3) is 0 Å². The molecule has 0 radical (unpaired) electrons. The number of rotatable bonds is 7. The van der Waals surface area contributed by atoms with Gasteiger partial charge in [-0.3, -0.25) is 0 Å². The maximum absolute atomic E-state index is 6.24. The van der Waals surface area contributed by atoms with Crippen molar-refractivity contribution in [2.75, 3.05) is 0 Å². The van der Waals surface area contributed by atoms with Gasteiger partial charge in [0.2, 0.25) is 0 Å². The van der Waals surface area contributed by atoms with E-state index in [0.717, 1.165) is 38.1 Å². The van der Waals surface area contributed by atoms with Gasteiger partial charge in [-0.2, -0.15) is 0 Å². The summed E-state index contributed by atoms with van der Waals surface area (Å²) in [7, 11) is 0. The summed E-state index contributed by atoms with van der Waals surface area (Å²) in [6, 6.07) is 0.244. The smallest absolute Gasteiger partial charge is 0.110 e. The Kier molecular flexibility index (Phi) is 5.53. The van der Waals surface area contributed by atoms with E-state index in [9.17, 15) is 0 Å². The maximum Gasteiger partial charge on any atom is 0.110 e. The van der Waals surface area contributed by atoms with Crippen LogP contribution in [0, 0.1) is 5.92 Å². The minimum absolute atomic E-state index is 0.244. The summed E-state index contributed by atoms with van der Waals surface area (Å²) in [6.07, 6.45) is 8.30. The number of hydrogen-bond donors (Lipinski definition) is 1. The fourth-order valence-corrected chi connectivity index (χ4v) is 2.25. The molecule has 1 rings (SSSR count). The zero-order valence-electron chi connectivity index (χ0n) is 10.8. The molecule has 1 aromatic rings. The van der Waals surface area contributed by atoms with Gasteiger partial charge in [0, 0.05) is 31.4 Å². The highest BCUT2D eigenvalue weighted by Crippen LogP contribution is 2.15. The highest BCUT2D eigenvalue weighted by molar-refractivity contribution is 4.96. The van der Waals surface area contributed by atoms with Gasteiger partial charge in [0.05, 0.1) is 0 Å². The number of imidazole rings is 1. The van der Waals surface area contributed by atoms with Crippen molar-refractivity contribution in [3.63, 3.8) is 0 Å². The number of aryl methyl sites for hydroxylation is 1. The summed E-state index contributed by atoms with van der Waals surface area (Å²) >= 11 is 0. The lowest BCUT2D eigenvalue weighted by molar-refractivity contribution is 0.384. The summed E-state index contributed by atoms with van der Waals surface area (Å²) < 4.78 is 2.22. The van der Waals surface area contributed by atoms with Crippen LogP contribution in [0.4, 0.5) is 0 Å². The molecule has 1 atom stereocenters. The zero-order valence-corrected chi connectivity index (χ0v) is 10.8. The Balaban J connectivity index is 2.61. The van der Waals surface area contributed by atoms with Crippen molar-refractivity contribution in [3.8, 4) is 0 Å². The Morgan fingerprint density at radius 1 is 1.31 bits per heavy atom. The second-order valence-electron chi connectivity index (χ2n) is 4.48. The number of nitrogens with two attached hydrogens (primary N) is 1. The summed E-state index contributed by atoms with van der Waals surface area (Å²) in [4.78, 5) is 4.41. The van der Waals surface area contributed by atoms with E-state index in [1.807, 2.05) is 6.20 Å². The second-order valence-corrected chi connectivity index (χ2v) is 4.48. The Hall–Kier alpha value is -0.830. The number of hydrogen-bond acceptors (Lipinski definition) is 2. The lowest BCUT2D eigenvalue weighted by Crippen LogP contribution is -2.32. The molecular formula is C13H25N3. The Bertz CT molecular complexity index is 289. The molecule has 0 saturated carbocycles. The van der Waals surface area contributed by atoms with Gasteiger partial charge >= 0.3 is 0 Å². The lowest BCUT2D eigenvalue weighted by atomic mass is 9.92. The Morgan fingerprint density at radius 3 is 2.56 bits per heavy atom. The molecule has 92 valence electrons. The first-order valence-corrected chi connectivity index (χ1v) is 6.48. The molecule has 0 saturated heterocycles. The van der Waals surface area contributed by atoms with Crippen LogP contribution < -0.4 is 5.73 Å². The van der Waals surface area contributed by atoms with Crippen molar-refractivity contribution in [2.24, 2.45) is 11.7 Å². The number of nitrogens with zero attached hydrogens (tertiary/aromatic N) is 2. The maximum atomic E-state index is 6.24. The monoisotopic (exact) mass is 223 g/mol. The van der Waals surface area contributed by atoms with E-state index in [2.05, 4.69) is 36.5 Å². The van der Waals surface area contributed by atoms with Crippen LogP contribution in [0.15, 0.2) is 12.4 Å². The zero-order chi connectivity index (χ0) is 12.0. The lowest BCUT2D eigenvalue weighted by Gasteiger charge is -2.21. The van der Waals surface area contributed by atoms with Gasteiger partial charge in [-0.15, -0.1) is 0 Å². The third kappa shape index (κ3) is 3.34. The van der Waals surface area contributed by atoms with Crippen molar-refractivity contribution >= 4 is 0 Å². The van der Waals surface area contributed by atoms with E-state index < -0.39 is 0 Å². The standard InChI is InChI=1S/C13H25N3/c1-4-8-16-9-7-15-13(16)10-12(14)11(5-2)6-3/h7,9,11-12H,4-6,8,10,14H2,1-3H3. The predicted molar refractivity (Wildman–Crippen MR) is 68.3 cm³/mol. The van der Waals surface area contributed by atoms with Crippen molar-refractivity contribution < 1.29 is 0 Å². The van der Waals surface area contributed by atoms with Crippen LogP contribution in [0.3, 0.4) is 0 Å². The summed E-state index contributed by atoms with van der Waals surface area (Å²) in [5, 5.41) is 0. The van der Waals surface area contributed by atoms with Crippen LogP contribution in [0.5, 0.6) is 0 Å². The molecule has 0 aliphatic rings. The highest BCUT2D eigenvalue weighted by Gasteiger charge is 2.16. The molecule has 0 spiro atoms. The van der Waals surface area contributed by atoms with Crippen molar-refractivity contribution in [1.29, 1.82) is 0 Å². The molecule has 1 unspecified atom stereocenters. The van der Waals surface area contributed by atoms with Crippen LogP contribution in [-0.2, 0) is 13.0 Å². The molecule has 0 aliphatic carbocycles. The van der Waals surface area contributed by atoms with Gasteiger partial charge < -0.3 is 10.3 Å². The van der Waals surface area contributed by atoms with Gasteiger partial charge in [0.15, 0.2) is 0 Å². The summed E-state index contributed by atoms with van der Waals surface area (Å²) in [5.41, 5.74) is 6.24. The first kappa shape index (κ1) is 13.2. The van der Waals surface area contributed by atoms with Crippen molar-refractivity contribution in [3.05, 3.63) is 18.2 Å². The normalized spacial score (nSPS) is 13.3. The quantitative estimate of drug-likeness (QED) is 0.772. The molecule has 0 fully saturated rings. The third-order valence-corrected chi connectivity index (χ3v) is 3.34. The van der Waals surface area contributed by atoms with E-state index in [4.69, 9.17) is 5.73 Å². The highest BCUT2D eigenvalue weighted by atomic mass is 15.1. The Labute approximate surface area is 99.1 Å². The minimum Gasteiger partial charge on any atom is -0.335 e. The predicted octanol–water partition coefficient (Wildman–Crippen LogP) is 2.60. The van der Waals surface area contributed by atoms with Crippen molar-refractivity contribution in [1.82, 2.24) is 9.55 Å². The van der Waals surface area contributed by atoms with Gasteiger partial charge in [0.1, 0.15) is 5.82 Å². The molecule has 16 heavy (non-hydrogen) atoms. The SMILES string of the molecule is CCCn1ccnc1CC(N)C(CC)CC. The molecule has 3 nitrogen and oxygen atoms in total. The van der Waals surface area contributed by atoms with Crippen LogP contribution in [0.1, 0.15) is 45.9 Å². The van der Waals surface area contributed by atoms with E-state index in [0.29, 0.717) is 5.92 Å². The average molecular weight is 223 g/mol. The molecule has 1 heterocycles. The van der Waals surface area contributed by atoms with E-state index in [1.165, 1.54) is 0 Å². The van der Waals surface area contributed by atoms with Crippen LogP contribution in [0.2, 0.25) is 0 Å². The van der Waals surface area contributed by atoms with Gasteiger partial charge in [-0.05, 0) is 12.3 Å². The van der Waals surface area contributed by atoms with E-state index in [-0.39, 0.29) is 6.04 Å². The fourth-order valence-electron chi connectivity index (χ4n) is 2.25. The van der Waals surface area contributed by atoms with Crippen LogP contribution >= 0.6 is 0 Å². The van der Waals surface area contributed by atoms with E-state index >= 15 is 0 Å². The largest absolute Gasteiger partial charge is 0.335 e.